The molecule has 1 saturated heterocycles. The first kappa shape index (κ1) is 13.2. The number of aromatic nitrogens is 3. The van der Waals surface area contributed by atoms with Crippen LogP contribution in [0.3, 0.4) is 0 Å². The first-order valence-corrected chi connectivity index (χ1v) is 7.92. The van der Waals surface area contributed by atoms with Crippen LogP contribution in [0.2, 0.25) is 0 Å². The van der Waals surface area contributed by atoms with E-state index in [9.17, 15) is 0 Å². The van der Waals surface area contributed by atoms with Crippen molar-refractivity contribution in [1.82, 2.24) is 14.8 Å². The maximum Gasteiger partial charge on any atom is 0.138 e. The van der Waals surface area contributed by atoms with E-state index in [2.05, 4.69) is 23.9 Å². The van der Waals surface area contributed by atoms with E-state index >= 15 is 0 Å². The highest BCUT2D eigenvalue weighted by atomic mass is 32.2. The van der Waals surface area contributed by atoms with Crippen LogP contribution in [0, 0.1) is 0 Å². The summed E-state index contributed by atoms with van der Waals surface area (Å²) in [6, 6.07) is 0.172. The molecule has 0 bridgehead atoms. The first-order chi connectivity index (χ1) is 8.08. The summed E-state index contributed by atoms with van der Waals surface area (Å²) in [6.07, 6.45) is 2.41. The Morgan fingerprint density at radius 2 is 2.29 bits per heavy atom. The molecule has 0 radical (unpaired) electrons. The zero-order valence-corrected chi connectivity index (χ0v) is 12.2. The van der Waals surface area contributed by atoms with E-state index in [4.69, 9.17) is 5.73 Å². The largest absolute Gasteiger partial charge is 0.326 e. The Labute approximate surface area is 111 Å². The molecule has 2 rings (SSSR count). The van der Waals surface area contributed by atoms with Gasteiger partial charge in [-0.2, -0.15) is 28.6 Å². The Morgan fingerprint density at radius 1 is 1.53 bits per heavy atom. The Bertz CT molecular complexity index is 368. The highest BCUT2D eigenvalue weighted by Crippen LogP contribution is 2.36. The summed E-state index contributed by atoms with van der Waals surface area (Å²) in [6.45, 7) is 4.59. The third-order valence-corrected chi connectivity index (χ3v) is 6.85. The Morgan fingerprint density at radius 3 is 2.88 bits per heavy atom. The third-order valence-electron chi connectivity index (χ3n) is 3.27. The second kappa shape index (κ2) is 5.63. The molecule has 1 aromatic rings. The van der Waals surface area contributed by atoms with Crippen molar-refractivity contribution in [3.05, 3.63) is 12.2 Å². The van der Waals surface area contributed by atoms with Gasteiger partial charge in [0.1, 0.15) is 12.2 Å². The summed E-state index contributed by atoms with van der Waals surface area (Å²) in [4.78, 5) is 4.24. The number of rotatable bonds is 3. The highest BCUT2D eigenvalue weighted by Gasteiger charge is 2.30. The topological polar surface area (TPSA) is 56.7 Å². The summed E-state index contributed by atoms with van der Waals surface area (Å²) >= 11 is 4.06. The van der Waals surface area contributed by atoms with E-state index in [1.807, 2.05) is 35.3 Å². The number of thioether (sulfide) groups is 2. The summed E-state index contributed by atoms with van der Waals surface area (Å²) in [7, 11) is 1.92. The van der Waals surface area contributed by atoms with Crippen LogP contribution in [-0.4, -0.2) is 42.3 Å². The molecule has 1 aliphatic heterocycles. The van der Waals surface area contributed by atoms with Gasteiger partial charge in [-0.15, -0.1) is 0 Å². The van der Waals surface area contributed by atoms with Crippen molar-refractivity contribution in [3.8, 4) is 0 Å². The van der Waals surface area contributed by atoms with Crippen molar-refractivity contribution in [2.24, 2.45) is 12.8 Å². The molecular formula is C11H20N4S2. The van der Waals surface area contributed by atoms with Crippen LogP contribution < -0.4 is 5.73 Å². The minimum atomic E-state index is 0.172. The highest BCUT2D eigenvalue weighted by molar-refractivity contribution is 8.07. The van der Waals surface area contributed by atoms with Gasteiger partial charge in [-0.3, -0.25) is 4.68 Å². The van der Waals surface area contributed by atoms with E-state index in [-0.39, 0.29) is 6.04 Å². The van der Waals surface area contributed by atoms with Crippen molar-refractivity contribution < 1.29 is 0 Å². The Hall–Kier alpha value is -0.200. The SMILES string of the molecule is CC1SCC(C(N)Cc2ncnn2C)SC1C. The number of hydrogen-bond donors (Lipinski definition) is 1. The van der Waals surface area contributed by atoms with Gasteiger partial charge in [0.15, 0.2) is 0 Å². The normalized spacial score (nSPS) is 31.4. The Kier molecular flexibility index (Phi) is 4.38. The maximum atomic E-state index is 6.30. The smallest absolute Gasteiger partial charge is 0.138 e. The Balaban J connectivity index is 1.92. The van der Waals surface area contributed by atoms with Crippen LogP contribution in [0.5, 0.6) is 0 Å². The van der Waals surface area contributed by atoms with Crippen molar-refractivity contribution in [1.29, 1.82) is 0 Å². The molecule has 4 nitrogen and oxygen atoms in total. The molecule has 1 aromatic heterocycles. The van der Waals surface area contributed by atoms with E-state index in [1.165, 1.54) is 0 Å². The second-order valence-corrected chi connectivity index (χ2v) is 7.62. The first-order valence-electron chi connectivity index (χ1n) is 5.93. The number of aryl methyl sites for hydroxylation is 1. The fourth-order valence-electron chi connectivity index (χ4n) is 1.88. The molecule has 1 fully saturated rings. The molecule has 96 valence electrons. The quantitative estimate of drug-likeness (QED) is 0.899. The molecule has 0 saturated carbocycles. The lowest BCUT2D eigenvalue weighted by molar-refractivity contribution is 0.600. The lowest BCUT2D eigenvalue weighted by Crippen LogP contribution is -2.41. The van der Waals surface area contributed by atoms with Crippen molar-refractivity contribution >= 4 is 23.5 Å². The number of nitrogens with two attached hydrogens (primary N) is 1. The van der Waals surface area contributed by atoms with Crippen molar-refractivity contribution in [3.63, 3.8) is 0 Å². The summed E-state index contributed by atoms with van der Waals surface area (Å²) in [5.74, 6) is 2.13. The van der Waals surface area contributed by atoms with Gasteiger partial charge in [-0.05, 0) is 0 Å². The molecule has 2 heterocycles. The minimum Gasteiger partial charge on any atom is -0.326 e. The van der Waals surface area contributed by atoms with E-state index in [1.54, 1.807) is 6.33 Å². The standard InChI is InChI=1S/C11H20N4S2/c1-7-8(2)17-10(5-16-7)9(12)4-11-13-6-14-15(11)3/h6-10H,4-5,12H2,1-3H3. The number of hydrogen-bond acceptors (Lipinski definition) is 5. The molecule has 4 unspecified atom stereocenters. The predicted octanol–water partition coefficient (Wildman–Crippen LogP) is 1.31. The van der Waals surface area contributed by atoms with Crippen LogP contribution >= 0.6 is 23.5 Å². The van der Waals surface area contributed by atoms with Crippen LogP contribution in [-0.2, 0) is 13.5 Å². The van der Waals surface area contributed by atoms with Crippen LogP contribution in [0.1, 0.15) is 19.7 Å². The van der Waals surface area contributed by atoms with E-state index in [0.717, 1.165) is 23.2 Å². The zero-order valence-electron chi connectivity index (χ0n) is 10.5. The van der Waals surface area contributed by atoms with Crippen LogP contribution in [0.25, 0.3) is 0 Å². The van der Waals surface area contributed by atoms with Crippen molar-refractivity contribution in [2.75, 3.05) is 5.75 Å². The van der Waals surface area contributed by atoms with Gasteiger partial charge >= 0.3 is 0 Å². The van der Waals surface area contributed by atoms with E-state index in [0.29, 0.717) is 10.5 Å². The number of nitrogens with zero attached hydrogens (tertiary/aromatic N) is 3. The molecule has 0 aliphatic carbocycles. The lowest BCUT2D eigenvalue weighted by Gasteiger charge is -2.34. The third kappa shape index (κ3) is 3.17. The average Bonchev–Trinajstić information content (AvgIpc) is 2.68. The summed E-state index contributed by atoms with van der Waals surface area (Å²) in [5.41, 5.74) is 6.30. The molecule has 17 heavy (non-hydrogen) atoms. The van der Waals surface area contributed by atoms with Gasteiger partial charge in [-0.25, -0.2) is 4.98 Å². The van der Waals surface area contributed by atoms with Gasteiger partial charge in [0, 0.05) is 41.0 Å². The minimum absolute atomic E-state index is 0.172. The zero-order chi connectivity index (χ0) is 12.4. The molecule has 6 heteroatoms. The predicted molar refractivity (Wildman–Crippen MR) is 75.4 cm³/mol. The molecule has 0 aromatic carbocycles. The van der Waals surface area contributed by atoms with Gasteiger partial charge in [0.05, 0.1) is 0 Å². The monoisotopic (exact) mass is 272 g/mol. The summed E-state index contributed by atoms with van der Waals surface area (Å²) < 4.78 is 1.81. The average molecular weight is 272 g/mol. The summed E-state index contributed by atoms with van der Waals surface area (Å²) in [5, 5.41) is 6.03. The van der Waals surface area contributed by atoms with Gasteiger partial charge < -0.3 is 5.73 Å². The fraction of sp³-hybridized carbons (Fsp3) is 0.818. The maximum absolute atomic E-state index is 6.30. The molecule has 2 N–H and O–H groups in total. The van der Waals surface area contributed by atoms with Crippen molar-refractivity contribution in [2.45, 2.75) is 42.1 Å². The molecule has 4 atom stereocenters. The molecule has 0 spiro atoms. The van der Waals surface area contributed by atoms with Crippen LogP contribution in [0.4, 0.5) is 0 Å². The molecular weight excluding hydrogens is 252 g/mol. The fourth-order valence-corrected chi connectivity index (χ4v) is 4.94. The van der Waals surface area contributed by atoms with Gasteiger partial charge in [0.25, 0.3) is 0 Å². The second-order valence-electron chi connectivity index (χ2n) is 4.59. The molecule has 1 aliphatic rings. The van der Waals surface area contributed by atoms with Gasteiger partial charge in [0.2, 0.25) is 0 Å². The van der Waals surface area contributed by atoms with Crippen LogP contribution in [0.15, 0.2) is 6.33 Å². The van der Waals surface area contributed by atoms with Gasteiger partial charge in [-0.1, -0.05) is 13.8 Å². The lowest BCUT2D eigenvalue weighted by atomic mass is 10.1. The van der Waals surface area contributed by atoms with E-state index < -0.39 is 0 Å². The molecule has 0 amide bonds.